The molecule has 0 radical (unpaired) electrons. The molecule has 29 nitrogen and oxygen atoms in total. The number of nitrogens with zero attached hydrogens (tertiary/aromatic N) is 8. The molecule has 8 aromatic heterocycles. The molecule has 0 aliphatic carbocycles. The molecule has 624 valence electrons. The average molecular weight is 1620 g/mol. The summed E-state index contributed by atoms with van der Waals surface area (Å²) in [6.07, 6.45) is 31.6. The number of Topliss-reactive ketones (excluding diaryl/α,β-unsaturated/α-hetero) is 1. The highest BCUT2D eigenvalue weighted by molar-refractivity contribution is 5.78. The molecule has 0 unspecified atom stereocenters. The summed E-state index contributed by atoms with van der Waals surface area (Å²) in [7, 11) is 0. The third-order valence-corrected chi connectivity index (χ3v) is 21.2. The van der Waals surface area contributed by atoms with Gasteiger partial charge in [-0.05, 0) is 106 Å². The van der Waals surface area contributed by atoms with Gasteiger partial charge < -0.3 is 65.6 Å². The summed E-state index contributed by atoms with van der Waals surface area (Å²) in [5, 5.41) is 19.2. The molecule has 4 aliphatic rings. The van der Waals surface area contributed by atoms with Gasteiger partial charge in [0.2, 0.25) is 65.9 Å². The van der Waals surface area contributed by atoms with Crippen LogP contribution in [0.25, 0.3) is 45.6 Å². The molecule has 8 aromatic rings. The second-order valence-corrected chi connectivity index (χ2v) is 29.9. The average Bonchev–Trinajstić information content (AvgIpc) is 0.809. The van der Waals surface area contributed by atoms with E-state index in [0.29, 0.717) is 70.9 Å². The van der Waals surface area contributed by atoms with Crippen LogP contribution < -0.4 is 73.8 Å². The fourth-order valence-corrected chi connectivity index (χ4v) is 14.8. The Labute approximate surface area is 690 Å². The maximum atomic E-state index is 12.5. The third-order valence-electron chi connectivity index (χ3n) is 21.2. The van der Waals surface area contributed by atoms with Crippen molar-refractivity contribution in [1.82, 2.24) is 37.2 Å². The van der Waals surface area contributed by atoms with Crippen molar-refractivity contribution in [1.29, 1.82) is 0 Å². The lowest BCUT2D eigenvalue weighted by Gasteiger charge is -2.11. The fraction of sp³-hybridized carbons (Fsp3) is 0.461. The lowest BCUT2D eigenvalue weighted by Crippen LogP contribution is -2.53. The van der Waals surface area contributed by atoms with E-state index in [9.17, 15) is 38.4 Å². The van der Waals surface area contributed by atoms with Crippen molar-refractivity contribution in [3.63, 3.8) is 0 Å². The first-order valence-corrected chi connectivity index (χ1v) is 42.1. The molecule has 0 spiro atoms. The van der Waals surface area contributed by atoms with Crippen molar-refractivity contribution in [2.24, 2.45) is 0 Å². The van der Waals surface area contributed by atoms with Crippen LogP contribution in [-0.2, 0) is 117 Å². The van der Waals surface area contributed by atoms with Gasteiger partial charge in [-0.3, -0.25) is 9.59 Å². The van der Waals surface area contributed by atoms with Gasteiger partial charge in [-0.25, -0.2) is 28.8 Å². The first-order chi connectivity index (χ1) is 57.8. The molecule has 29 heteroatoms. The molecule has 0 saturated carbocycles. The van der Waals surface area contributed by atoms with E-state index in [-0.39, 0.29) is 25.2 Å². The van der Waals surface area contributed by atoms with Crippen LogP contribution in [0.4, 0.5) is 28.8 Å². The third kappa shape index (κ3) is 28.7. The zero-order valence-electron chi connectivity index (χ0n) is 68.0. The maximum Gasteiger partial charge on any atom is 0.410 e. The van der Waals surface area contributed by atoms with Crippen molar-refractivity contribution in [2.45, 2.75) is 213 Å². The fourth-order valence-electron chi connectivity index (χ4n) is 14.8. The number of esters is 1. The van der Waals surface area contributed by atoms with Gasteiger partial charge in [-0.15, -0.1) is 0 Å². The predicted octanol–water partition coefficient (Wildman–Crippen LogP) is 8.99. The molecule has 0 bridgehead atoms. The minimum absolute atomic E-state index is 0.190. The van der Waals surface area contributed by atoms with Gasteiger partial charge >= 0.3 is 42.5 Å². The second-order valence-electron chi connectivity index (χ2n) is 29.9. The number of fused-ring (bicyclic) bond motifs is 12. The minimum atomic E-state index is -0.657. The normalized spacial score (nSPS) is 12.2. The number of hydrogen-bond donors (Lipinski definition) is 7. The summed E-state index contributed by atoms with van der Waals surface area (Å²) >= 11 is 0. The lowest BCUT2D eigenvalue weighted by molar-refractivity contribution is -0.795. The number of hydrogen-bond acceptors (Lipinski definition) is 14. The van der Waals surface area contributed by atoms with Gasteiger partial charge in [0.1, 0.15) is 19.0 Å². The molecule has 4 aliphatic heterocycles. The number of urea groups is 1. The maximum absolute atomic E-state index is 12.5. The van der Waals surface area contributed by atoms with Gasteiger partial charge in [0.15, 0.2) is 49.6 Å². The predicted molar refractivity (Wildman–Crippen MR) is 431 cm³/mol. The summed E-state index contributed by atoms with van der Waals surface area (Å²) in [6.45, 7) is 10.1. The number of aryl methyl sites for hydroxylation is 9. The molecule has 0 saturated heterocycles. The van der Waals surface area contributed by atoms with E-state index in [0.717, 1.165) is 202 Å². The molecular weight excluding hydrogens is 1500 g/mol. The van der Waals surface area contributed by atoms with Gasteiger partial charge in [0.05, 0.1) is 17.7 Å². The van der Waals surface area contributed by atoms with Crippen LogP contribution in [0.5, 0.6) is 0 Å². The minimum Gasteiger partial charge on any atom is -0.461 e. The van der Waals surface area contributed by atoms with Crippen LogP contribution in [0.15, 0.2) is 171 Å². The topological polar surface area (TPSA) is 307 Å². The SMILES string of the molecule is O=C(CCCCCCCNC(=O)OCOC(=O)NCCCCCCNC(=O)NCc1ccc2[n+](c1)CC[n+]1ccccc1-2)CCc1ccc2[n+](c1)CC[n+]1ccccc1-2.O=C(CCCCCCCNC(=O)OCOC(=O)NCCCCCCNC(=O)OCc1ccc2[n+](c1)CC[n+]1ccccc1-2)OCc1ccc2[n+](c1)CC[n+]1ccccc1-2. The smallest absolute Gasteiger partial charge is 0.410 e. The lowest BCUT2D eigenvalue weighted by atomic mass is 10.0. The Morgan fingerprint density at radius 1 is 0.263 bits per heavy atom. The number of alkyl carbamates (subject to hydrolysis) is 5. The number of rotatable bonds is 43. The van der Waals surface area contributed by atoms with E-state index < -0.39 is 44.1 Å². The van der Waals surface area contributed by atoms with Crippen LogP contribution >= 0.6 is 0 Å². The van der Waals surface area contributed by atoms with E-state index in [1.165, 1.54) is 39.7 Å². The zero-order chi connectivity index (χ0) is 82.1. The number of ketones is 1. The highest BCUT2D eigenvalue weighted by Gasteiger charge is 2.33. The Hall–Kier alpha value is -12.0. The molecule has 7 amide bonds. The quantitative estimate of drug-likeness (QED) is 0.00617. The highest BCUT2D eigenvalue weighted by Crippen LogP contribution is 2.21. The number of aromatic nitrogens is 8. The van der Waals surface area contributed by atoms with E-state index >= 15 is 0 Å². The van der Waals surface area contributed by atoms with Crippen molar-refractivity contribution < 1.29 is 103 Å². The van der Waals surface area contributed by atoms with Crippen LogP contribution in [-0.4, -0.2) is 101 Å². The van der Waals surface area contributed by atoms with Crippen LogP contribution in [0.3, 0.4) is 0 Å². The molecule has 12 rings (SSSR count). The number of amides is 7. The zero-order valence-corrected chi connectivity index (χ0v) is 68.0. The summed E-state index contributed by atoms with van der Waals surface area (Å²) in [4.78, 5) is 96.8. The molecule has 0 fully saturated rings. The molecule has 0 atom stereocenters. The first-order valence-electron chi connectivity index (χ1n) is 42.1. The highest BCUT2D eigenvalue weighted by atomic mass is 16.7. The molecule has 118 heavy (non-hydrogen) atoms. The summed E-state index contributed by atoms with van der Waals surface area (Å²) in [6, 6.07) is 41.3. The van der Waals surface area contributed by atoms with E-state index in [1.807, 2.05) is 54.7 Å². The van der Waals surface area contributed by atoms with E-state index in [4.69, 9.17) is 28.4 Å². The van der Waals surface area contributed by atoms with E-state index in [2.05, 4.69) is 190 Å². The van der Waals surface area contributed by atoms with Gasteiger partial charge in [0, 0.05) is 142 Å². The van der Waals surface area contributed by atoms with Gasteiger partial charge in [-0.1, -0.05) is 64.2 Å². The standard InChI is InChI=1S/C45H57N8O6.C44H54N7O8/c54-38(20-17-36-18-21-41-39-15-7-12-26-50(39)28-30-52(41)33-36)14-6-2-1-3-10-24-47-44(56)58-35-59-45(57)48-25-11-5-4-9-23-46-43(55)49-32-37-19-22-42-40-16-8-13-27-51(40)29-31-53(42)34-37;52-41(56-32-35-17-19-39-37-14-7-12-24-48(37)26-28-50(39)30-35)16-6-2-1-3-9-22-46-43(54)58-34-59-44(55)47-23-11-5-4-10-21-45-42(53)57-33-36-18-20-40-38-15-8-13-25-49(38)27-29-51(40)31-36/h7-8,12-13,15-16,18-19,21-22,26-27,33-34H,1-6,9-11,14,17,20,23-25,28-32,35H2,(H-3,46,47,48,49,55,56,57);7-8,12-15,17-20,24-25,30-31H,1-6,9-11,16,21-23,26-29,32-34H2/q2*+1/p+6. The van der Waals surface area contributed by atoms with Crippen LogP contribution in [0.2, 0.25) is 0 Å². The van der Waals surface area contributed by atoms with Crippen molar-refractivity contribution in [2.75, 3.05) is 52.9 Å². The molecular formula is C89H117N15O14+8. The van der Waals surface area contributed by atoms with Gasteiger partial charge in [0.25, 0.3) is 45.6 Å². The molecule has 0 aromatic carbocycles. The van der Waals surface area contributed by atoms with Crippen LogP contribution in [0.1, 0.15) is 157 Å². The Morgan fingerprint density at radius 3 is 0.958 bits per heavy atom. The number of carbonyl (C=O) groups excluding carboxylic acids is 8. The first kappa shape index (κ1) is 86.8. The summed E-state index contributed by atoms with van der Waals surface area (Å²) < 4.78 is 48.6. The largest absolute Gasteiger partial charge is 0.461 e. The van der Waals surface area contributed by atoms with Crippen molar-refractivity contribution in [3.8, 4) is 45.6 Å². The number of unbranched alkanes of at least 4 members (excludes halogenated alkanes) is 14. The Morgan fingerprint density at radius 2 is 0.559 bits per heavy atom. The number of nitrogens with one attached hydrogen (secondary N) is 7. The van der Waals surface area contributed by atoms with Crippen LogP contribution in [0, 0.1) is 0 Å². The summed E-state index contributed by atoms with van der Waals surface area (Å²) in [5.74, 6) is 0.110. The second kappa shape index (κ2) is 47.9. The Bertz CT molecular complexity index is 4090. The Kier molecular flexibility index (Phi) is 35.2. The Balaban J connectivity index is 0.000000231. The van der Waals surface area contributed by atoms with Crippen molar-refractivity contribution in [3.05, 3.63) is 193 Å². The number of pyridine rings is 8. The summed E-state index contributed by atoms with van der Waals surface area (Å²) in [5.41, 5.74) is 13.6. The number of carbonyl (C=O) groups is 8. The molecule has 7 N–H and O–H groups in total. The number of ether oxygens (including phenoxy) is 6. The van der Waals surface area contributed by atoms with Gasteiger partial charge in [-0.2, -0.15) is 36.5 Å². The molecule has 12 heterocycles. The van der Waals surface area contributed by atoms with Crippen molar-refractivity contribution >= 4 is 48.2 Å². The monoisotopic (exact) mass is 1620 g/mol. The van der Waals surface area contributed by atoms with E-state index in [1.54, 1.807) is 0 Å².